The summed E-state index contributed by atoms with van der Waals surface area (Å²) in [5, 5.41) is 7.14. The number of rotatable bonds is 3. The van der Waals surface area contributed by atoms with Gasteiger partial charge in [-0.1, -0.05) is 6.92 Å². The van der Waals surface area contributed by atoms with E-state index >= 15 is 0 Å². The van der Waals surface area contributed by atoms with Crippen LogP contribution in [0.3, 0.4) is 0 Å². The van der Waals surface area contributed by atoms with Crippen LogP contribution in [0.25, 0.3) is 0 Å². The van der Waals surface area contributed by atoms with Crippen LogP contribution in [-0.4, -0.2) is 18.1 Å². The average Bonchev–Trinajstić information content (AvgIpc) is 3.08. The maximum atomic E-state index is 4.85. The second-order valence-corrected chi connectivity index (χ2v) is 6.15. The molecule has 1 aromatic rings. The van der Waals surface area contributed by atoms with E-state index in [1.807, 2.05) is 11.3 Å². The van der Waals surface area contributed by atoms with E-state index in [2.05, 4.69) is 17.6 Å². The molecule has 1 aliphatic heterocycles. The molecule has 3 heteroatoms. The lowest BCUT2D eigenvalue weighted by molar-refractivity contribution is 0.327. The van der Waals surface area contributed by atoms with Crippen molar-refractivity contribution in [1.82, 2.24) is 10.3 Å². The summed E-state index contributed by atoms with van der Waals surface area (Å²) in [6.07, 6.45) is 5.37. The maximum Gasteiger partial charge on any atom is 0.0959 e. The van der Waals surface area contributed by atoms with E-state index in [-0.39, 0.29) is 0 Å². The van der Waals surface area contributed by atoms with Crippen molar-refractivity contribution in [1.29, 1.82) is 0 Å². The van der Waals surface area contributed by atoms with Crippen LogP contribution in [0.1, 0.15) is 55.1 Å². The largest absolute Gasteiger partial charge is 0.317 e. The van der Waals surface area contributed by atoms with Crippen LogP contribution in [0, 0.1) is 5.92 Å². The van der Waals surface area contributed by atoms with Crippen LogP contribution in [0.2, 0.25) is 0 Å². The molecule has 1 atom stereocenters. The van der Waals surface area contributed by atoms with Crippen LogP contribution in [0.5, 0.6) is 0 Å². The van der Waals surface area contributed by atoms with Gasteiger partial charge in [-0.2, -0.15) is 0 Å². The van der Waals surface area contributed by atoms with Gasteiger partial charge in [0.25, 0.3) is 0 Å². The molecule has 0 spiro atoms. The van der Waals surface area contributed by atoms with Crippen molar-refractivity contribution >= 4 is 11.3 Å². The predicted octanol–water partition coefficient (Wildman–Crippen LogP) is 3.12. The maximum absolute atomic E-state index is 4.85. The highest BCUT2D eigenvalue weighted by molar-refractivity contribution is 7.09. The van der Waals surface area contributed by atoms with Gasteiger partial charge >= 0.3 is 0 Å². The first-order valence-electron chi connectivity index (χ1n) is 6.50. The number of hydrogen-bond donors (Lipinski definition) is 1. The summed E-state index contributed by atoms with van der Waals surface area (Å²) in [5.41, 5.74) is 1.36. The standard InChI is InChI=1S/C13H20N2S/c1-9(10-4-6-14-7-5-10)12-8-16-13(15-12)11-2-3-11/h8-11,14H,2-7H2,1H3. The number of hydrogen-bond acceptors (Lipinski definition) is 3. The summed E-state index contributed by atoms with van der Waals surface area (Å²) in [5.74, 6) is 2.32. The van der Waals surface area contributed by atoms with Gasteiger partial charge in [0, 0.05) is 17.2 Å². The number of thiazole rings is 1. The number of piperidine rings is 1. The van der Waals surface area contributed by atoms with Crippen molar-refractivity contribution < 1.29 is 0 Å². The van der Waals surface area contributed by atoms with Gasteiger partial charge in [0.15, 0.2) is 0 Å². The lowest BCUT2D eigenvalue weighted by Crippen LogP contribution is -2.30. The topological polar surface area (TPSA) is 24.9 Å². The van der Waals surface area contributed by atoms with Gasteiger partial charge in [0.1, 0.15) is 0 Å². The molecule has 16 heavy (non-hydrogen) atoms. The quantitative estimate of drug-likeness (QED) is 0.872. The fourth-order valence-corrected chi connectivity index (χ4v) is 3.71. The van der Waals surface area contributed by atoms with E-state index in [0.717, 1.165) is 11.8 Å². The summed E-state index contributed by atoms with van der Waals surface area (Å²) in [4.78, 5) is 4.85. The lowest BCUT2D eigenvalue weighted by Gasteiger charge is -2.27. The molecule has 0 bridgehead atoms. The number of nitrogens with one attached hydrogen (secondary N) is 1. The molecule has 1 unspecified atom stereocenters. The molecule has 3 rings (SSSR count). The van der Waals surface area contributed by atoms with Crippen molar-refractivity contribution in [2.45, 2.75) is 44.4 Å². The smallest absolute Gasteiger partial charge is 0.0959 e. The van der Waals surface area contributed by atoms with Gasteiger partial charge in [-0.05, 0) is 44.7 Å². The van der Waals surface area contributed by atoms with Crippen LogP contribution in [0.4, 0.5) is 0 Å². The van der Waals surface area contributed by atoms with Gasteiger partial charge in [-0.15, -0.1) is 11.3 Å². The highest BCUT2D eigenvalue weighted by Crippen LogP contribution is 2.42. The molecule has 2 nitrogen and oxygen atoms in total. The second-order valence-electron chi connectivity index (χ2n) is 5.26. The number of nitrogens with zero attached hydrogens (tertiary/aromatic N) is 1. The SMILES string of the molecule is CC(c1csc(C2CC2)n1)C1CCNCC1. The predicted molar refractivity (Wildman–Crippen MR) is 68.1 cm³/mol. The first kappa shape index (κ1) is 10.7. The Morgan fingerprint density at radius 3 is 2.75 bits per heavy atom. The van der Waals surface area contributed by atoms with E-state index in [1.54, 1.807) is 0 Å². The third kappa shape index (κ3) is 2.16. The number of aromatic nitrogens is 1. The minimum Gasteiger partial charge on any atom is -0.317 e. The Balaban J connectivity index is 1.69. The molecule has 1 aliphatic carbocycles. The lowest BCUT2D eigenvalue weighted by atomic mass is 9.84. The van der Waals surface area contributed by atoms with Crippen LogP contribution in [0.15, 0.2) is 5.38 Å². The molecule has 2 fully saturated rings. The third-order valence-corrected chi connectivity index (χ3v) is 5.05. The minimum atomic E-state index is 0.658. The molecule has 0 radical (unpaired) electrons. The van der Waals surface area contributed by atoms with Gasteiger partial charge in [0.2, 0.25) is 0 Å². The first-order valence-corrected chi connectivity index (χ1v) is 7.38. The molecule has 0 aromatic carbocycles. The zero-order chi connectivity index (χ0) is 11.0. The van der Waals surface area contributed by atoms with Crippen LogP contribution >= 0.6 is 11.3 Å². The zero-order valence-electron chi connectivity index (χ0n) is 9.91. The fourth-order valence-electron chi connectivity index (χ4n) is 2.61. The van der Waals surface area contributed by atoms with E-state index in [4.69, 9.17) is 4.98 Å². The Morgan fingerprint density at radius 1 is 1.31 bits per heavy atom. The Hall–Kier alpha value is -0.410. The monoisotopic (exact) mass is 236 g/mol. The van der Waals surface area contributed by atoms with Crippen molar-refractivity contribution in [3.8, 4) is 0 Å². The molecular formula is C13H20N2S. The first-order chi connectivity index (χ1) is 7.84. The molecule has 1 saturated carbocycles. The summed E-state index contributed by atoms with van der Waals surface area (Å²) in [6.45, 7) is 4.74. The summed E-state index contributed by atoms with van der Waals surface area (Å²) in [6, 6.07) is 0. The van der Waals surface area contributed by atoms with Gasteiger partial charge in [-0.25, -0.2) is 4.98 Å². The van der Waals surface area contributed by atoms with Crippen molar-refractivity contribution in [2.24, 2.45) is 5.92 Å². The molecule has 1 saturated heterocycles. The fraction of sp³-hybridized carbons (Fsp3) is 0.769. The van der Waals surface area contributed by atoms with E-state index < -0.39 is 0 Å². The molecule has 88 valence electrons. The molecule has 1 aromatic heterocycles. The molecule has 1 N–H and O–H groups in total. The van der Waals surface area contributed by atoms with E-state index in [1.165, 1.54) is 49.5 Å². The zero-order valence-corrected chi connectivity index (χ0v) is 10.7. The summed E-state index contributed by atoms with van der Waals surface area (Å²) >= 11 is 1.89. The van der Waals surface area contributed by atoms with Gasteiger partial charge in [0.05, 0.1) is 10.7 Å². The van der Waals surface area contributed by atoms with Crippen LogP contribution < -0.4 is 5.32 Å². The Bertz CT molecular complexity index is 351. The van der Waals surface area contributed by atoms with Gasteiger partial charge < -0.3 is 5.32 Å². The molecule has 0 amide bonds. The van der Waals surface area contributed by atoms with Crippen molar-refractivity contribution in [3.05, 3.63) is 16.1 Å². The minimum absolute atomic E-state index is 0.658. The Labute approximate surface area is 101 Å². The second kappa shape index (κ2) is 4.46. The Morgan fingerprint density at radius 2 is 2.06 bits per heavy atom. The van der Waals surface area contributed by atoms with E-state index in [0.29, 0.717) is 5.92 Å². The van der Waals surface area contributed by atoms with Gasteiger partial charge in [-0.3, -0.25) is 0 Å². The molecule has 2 aliphatic rings. The summed E-state index contributed by atoms with van der Waals surface area (Å²) < 4.78 is 0. The third-order valence-electron chi connectivity index (χ3n) is 4.02. The molecular weight excluding hydrogens is 216 g/mol. The highest BCUT2D eigenvalue weighted by Gasteiger charge is 2.29. The highest BCUT2D eigenvalue weighted by atomic mass is 32.1. The average molecular weight is 236 g/mol. The molecule has 2 heterocycles. The van der Waals surface area contributed by atoms with Crippen LogP contribution in [-0.2, 0) is 0 Å². The van der Waals surface area contributed by atoms with Crippen molar-refractivity contribution in [3.63, 3.8) is 0 Å². The van der Waals surface area contributed by atoms with Crippen molar-refractivity contribution in [2.75, 3.05) is 13.1 Å². The summed E-state index contributed by atoms with van der Waals surface area (Å²) in [7, 11) is 0. The van der Waals surface area contributed by atoms with E-state index in [9.17, 15) is 0 Å². The normalized spacial score (nSPS) is 24.6. The Kier molecular flexibility index (Phi) is 2.99.